The molecular weight excluding hydrogens is 252 g/mol. The Balaban J connectivity index is 1.84. The normalized spacial score (nSPS) is 23.7. The van der Waals surface area contributed by atoms with Crippen molar-refractivity contribution < 1.29 is 9.59 Å². The Morgan fingerprint density at radius 2 is 2.33 bits per heavy atom. The summed E-state index contributed by atoms with van der Waals surface area (Å²) in [5.41, 5.74) is 5.28. The van der Waals surface area contributed by atoms with Gasteiger partial charge in [-0.2, -0.15) is 0 Å². The van der Waals surface area contributed by atoms with E-state index >= 15 is 0 Å². The summed E-state index contributed by atoms with van der Waals surface area (Å²) in [5, 5.41) is 3.85. The van der Waals surface area contributed by atoms with E-state index in [4.69, 9.17) is 5.73 Å². The van der Waals surface area contributed by atoms with E-state index < -0.39 is 11.9 Å². The van der Waals surface area contributed by atoms with Crippen LogP contribution in [0.2, 0.25) is 0 Å². The fourth-order valence-electron chi connectivity index (χ4n) is 2.18. The van der Waals surface area contributed by atoms with Crippen molar-refractivity contribution >= 4 is 28.7 Å². The lowest BCUT2D eigenvalue weighted by Gasteiger charge is -2.23. The van der Waals surface area contributed by atoms with Gasteiger partial charge < -0.3 is 16.0 Å². The van der Waals surface area contributed by atoms with Crippen molar-refractivity contribution in [1.82, 2.24) is 10.2 Å². The summed E-state index contributed by atoms with van der Waals surface area (Å²) in [5.74, 6) is 0.545. The number of thioether (sulfide) groups is 1. The molecule has 1 atom stereocenters. The van der Waals surface area contributed by atoms with Crippen LogP contribution in [0.5, 0.6) is 0 Å². The number of aliphatic imine (C=N–C) groups is 1. The minimum absolute atomic E-state index is 0.0785. The number of nitrogens with one attached hydrogen (secondary N) is 1. The number of amidine groups is 1. The molecule has 2 rings (SSSR count). The van der Waals surface area contributed by atoms with Gasteiger partial charge in [0, 0.05) is 18.8 Å². The quantitative estimate of drug-likeness (QED) is 0.727. The highest BCUT2D eigenvalue weighted by Crippen LogP contribution is 2.17. The second kappa shape index (κ2) is 6.08. The average molecular weight is 270 g/mol. The van der Waals surface area contributed by atoms with Gasteiger partial charge in [-0.15, -0.1) is 0 Å². The van der Waals surface area contributed by atoms with Crippen molar-refractivity contribution in [1.29, 1.82) is 0 Å². The van der Waals surface area contributed by atoms with Crippen molar-refractivity contribution in [3.05, 3.63) is 0 Å². The first kappa shape index (κ1) is 13.2. The SMILES string of the molecule is NC(=O)[C@@H]1CCCN1C(=O)CNC1=NCCCS1. The van der Waals surface area contributed by atoms with E-state index in [-0.39, 0.29) is 12.5 Å². The summed E-state index contributed by atoms with van der Waals surface area (Å²) in [6.07, 6.45) is 2.60. The topological polar surface area (TPSA) is 87.8 Å². The smallest absolute Gasteiger partial charge is 0.242 e. The minimum Gasteiger partial charge on any atom is -0.368 e. The van der Waals surface area contributed by atoms with Gasteiger partial charge in [0.25, 0.3) is 0 Å². The Morgan fingerprint density at radius 3 is 3.00 bits per heavy atom. The summed E-state index contributed by atoms with van der Waals surface area (Å²) < 4.78 is 0. The third kappa shape index (κ3) is 3.16. The first-order valence-electron chi connectivity index (χ1n) is 6.18. The van der Waals surface area contributed by atoms with Gasteiger partial charge in [-0.05, 0) is 19.3 Å². The van der Waals surface area contributed by atoms with Gasteiger partial charge >= 0.3 is 0 Å². The predicted molar refractivity (Wildman–Crippen MR) is 71.3 cm³/mol. The highest BCUT2D eigenvalue weighted by atomic mass is 32.2. The number of amides is 2. The number of hydrogen-bond acceptors (Lipinski definition) is 5. The van der Waals surface area contributed by atoms with Gasteiger partial charge in [0.1, 0.15) is 6.04 Å². The van der Waals surface area contributed by atoms with Gasteiger partial charge in [0.15, 0.2) is 5.17 Å². The zero-order chi connectivity index (χ0) is 13.0. The molecule has 1 fully saturated rings. The number of rotatable bonds is 3. The van der Waals surface area contributed by atoms with E-state index in [1.54, 1.807) is 16.7 Å². The van der Waals surface area contributed by atoms with Crippen LogP contribution in [-0.4, -0.2) is 53.3 Å². The molecule has 0 aliphatic carbocycles. The summed E-state index contributed by atoms with van der Waals surface area (Å²) >= 11 is 1.63. The Morgan fingerprint density at radius 1 is 1.50 bits per heavy atom. The number of primary amides is 1. The maximum Gasteiger partial charge on any atom is 0.242 e. The predicted octanol–water partition coefficient (Wildman–Crippen LogP) is -0.455. The van der Waals surface area contributed by atoms with Crippen LogP contribution in [-0.2, 0) is 9.59 Å². The molecule has 100 valence electrons. The summed E-state index contributed by atoms with van der Waals surface area (Å²) in [4.78, 5) is 29.1. The molecule has 3 N–H and O–H groups in total. The molecule has 1 saturated heterocycles. The average Bonchev–Trinajstić information content (AvgIpc) is 2.86. The number of likely N-dealkylation sites (tertiary alicyclic amines) is 1. The first-order valence-corrected chi connectivity index (χ1v) is 7.17. The van der Waals surface area contributed by atoms with Gasteiger partial charge in [-0.1, -0.05) is 11.8 Å². The largest absolute Gasteiger partial charge is 0.368 e. The van der Waals surface area contributed by atoms with Crippen molar-refractivity contribution in [3.8, 4) is 0 Å². The van der Waals surface area contributed by atoms with Gasteiger partial charge in [-0.25, -0.2) is 0 Å². The van der Waals surface area contributed by atoms with E-state index in [2.05, 4.69) is 10.3 Å². The van der Waals surface area contributed by atoms with Crippen molar-refractivity contribution in [2.45, 2.75) is 25.3 Å². The minimum atomic E-state index is -0.430. The lowest BCUT2D eigenvalue weighted by Crippen LogP contribution is -2.47. The number of nitrogens with zero attached hydrogens (tertiary/aromatic N) is 2. The molecule has 2 aliphatic rings. The molecule has 6 nitrogen and oxygen atoms in total. The Hall–Kier alpha value is -1.24. The van der Waals surface area contributed by atoms with Crippen LogP contribution < -0.4 is 11.1 Å². The standard InChI is InChI=1S/C11H18N4O2S/c12-10(17)8-3-1-5-15(8)9(16)7-14-11-13-4-2-6-18-11/h8H,1-7H2,(H2,12,17)(H,13,14)/t8-/m0/s1. The molecule has 0 spiro atoms. The van der Waals surface area contributed by atoms with Crippen LogP contribution >= 0.6 is 11.8 Å². The Bertz CT molecular complexity index is 372. The summed E-state index contributed by atoms with van der Waals surface area (Å²) in [7, 11) is 0. The molecule has 2 amide bonds. The monoisotopic (exact) mass is 270 g/mol. The van der Waals surface area contributed by atoms with E-state index in [0.29, 0.717) is 13.0 Å². The van der Waals surface area contributed by atoms with E-state index in [1.165, 1.54) is 0 Å². The highest BCUT2D eigenvalue weighted by molar-refractivity contribution is 8.13. The molecule has 0 saturated carbocycles. The third-order valence-corrected chi connectivity index (χ3v) is 4.13. The van der Waals surface area contributed by atoms with Crippen LogP contribution in [0.25, 0.3) is 0 Å². The van der Waals surface area contributed by atoms with Gasteiger partial charge in [0.05, 0.1) is 6.54 Å². The van der Waals surface area contributed by atoms with Crippen LogP contribution in [0.4, 0.5) is 0 Å². The fourth-order valence-corrected chi connectivity index (χ4v) is 3.00. The Labute approximate surface area is 110 Å². The molecule has 0 radical (unpaired) electrons. The van der Waals surface area contributed by atoms with Crippen LogP contribution in [0.1, 0.15) is 19.3 Å². The molecule has 0 aromatic rings. The molecule has 18 heavy (non-hydrogen) atoms. The molecule has 2 aliphatic heterocycles. The van der Waals surface area contributed by atoms with Crippen LogP contribution in [0, 0.1) is 0 Å². The van der Waals surface area contributed by atoms with Crippen LogP contribution in [0.3, 0.4) is 0 Å². The number of carbonyl (C=O) groups excluding carboxylic acids is 2. The lowest BCUT2D eigenvalue weighted by atomic mass is 10.2. The second-order valence-electron chi connectivity index (χ2n) is 4.39. The van der Waals surface area contributed by atoms with E-state index in [1.807, 2.05) is 0 Å². The fraction of sp³-hybridized carbons (Fsp3) is 0.727. The van der Waals surface area contributed by atoms with Crippen molar-refractivity contribution in [2.75, 3.05) is 25.4 Å². The molecule has 0 aromatic carbocycles. The Kier molecular flexibility index (Phi) is 4.46. The van der Waals surface area contributed by atoms with E-state index in [9.17, 15) is 9.59 Å². The summed E-state index contributed by atoms with van der Waals surface area (Å²) in [6.45, 7) is 1.63. The van der Waals surface area contributed by atoms with Gasteiger partial charge in [0.2, 0.25) is 11.8 Å². The third-order valence-electron chi connectivity index (χ3n) is 3.09. The number of hydrogen-bond donors (Lipinski definition) is 2. The molecule has 0 aromatic heterocycles. The number of carbonyl (C=O) groups is 2. The molecule has 0 unspecified atom stereocenters. The zero-order valence-electron chi connectivity index (χ0n) is 10.2. The van der Waals surface area contributed by atoms with Crippen molar-refractivity contribution in [2.24, 2.45) is 10.7 Å². The second-order valence-corrected chi connectivity index (χ2v) is 5.47. The first-order chi connectivity index (χ1) is 8.68. The maximum atomic E-state index is 12.0. The van der Waals surface area contributed by atoms with Gasteiger partial charge in [-0.3, -0.25) is 14.6 Å². The number of nitrogens with two attached hydrogens (primary N) is 1. The molecular formula is C11H18N4O2S. The molecule has 2 heterocycles. The van der Waals surface area contributed by atoms with Crippen LogP contribution in [0.15, 0.2) is 4.99 Å². The zero-order valence-corrected chi connectivity index (χ0v) is 11.0. The van der Waals surface area contributed by atoms with Crippen molar-refractivity contribution in [3.63, 3.8) is 0 Å². The lowest BCUT2D eigenvalue weighted by molar-refractivity contribution is -0.136. The highest BCUT2D eigenvalue weighted by Gasteiger charge is 2.32. The molecule has 7 heteroatoms. The molecule has 0 bridgehead atoms. The maximum absolute atomic E-state index is 12.0. The van der Waals surface area contributed by atoms with E-state index in [0.717, 1.165) is 30.3 Å². The summed E-state index contributed by atoms with van der Waals surface area (Å²) in [6, 6.07) is -0.430.